The molecule has 0 saturated heterocycles. The summed E-state index contributed by atoms with van der Waals surface area (Å²) in [5.41, 5.74) is 0.189. The Labute approximate surface area is 133 Å². The van der Waals surface area contributed by atoms with Crippen molar-refractivity contribution in [3.05, 3.63) is 59.9 Å². The van der Waals surface area contributed by atoms with Crippen LogP contribution in [0.5, 0.6) is 0 Å². The van der Waals surface area contributed by atoms with Crippen molar-refractivity contribution in [3.8, 4) is 0 Å². The molecule has 1 saturated carbocycles. The molecule has 0 spiro atoms. The highest BCUT2D eigenvalue weighted by Gasteiger charge is 2.28. The molecule has 2 aromatic carbocycles. The maximum Gasteiger partial charge on any atom is 0.258 e. The standard InChI is InChI=1S/C16H15FN2O3S/c17-15-7-2-1-6-14(15)16(20)18-12-4-3-5-13(10-12)23(21,22)19-11-8-9-11/h1-7,10-11,19H,8-9H2,(H,18,20). The number of carbonyl (C=O) groups is 1. The van der Waals surface area contributed by atoms with Crippen LogP contribution in [0.1, 0.15) is 23.2 Å². The van der Waals surface area contributed by atoms with Crippen molar-refractivity contribution in [2.24, 2.45) is 0 Å². The highest BCUT2D eigenvalue weighted by molar-refractivity contribution is 7.89. The number of sulfonamides is 1. The summed E-state index contributed by atoms with van der Waals surface area (Å²) in [7, 11) is -3.60. The van der Waals surface area contributed by atoms with Gasteiger partial charge in [-0.3, -0.25) is 4.79 Å². The Kier molecular flexibility index (Phi) is 4.14. The summed E-state index contributed by atoms with van der Waals surface area (Å²) in [6, 6.07) is 11.5. The number of amides is 1. The fourth-order valence-electron chi connectivity index (χ4n) is 2.07. The van der Waals surface area contributed by atoms with E-state index in [4.69, 9.17) is 0 Å². The Bertz CT molecular complexity index is 848. The fraction of sp³-hybridized carbons (Fsp3) is 0.188. The Balaban J connectivity index is 1.80. The van der Waals surface area contributed by atoms with Crippen LogP contribution in [0.25, 0.3) is 0 Å². The second-order valence-electron chi connectivity index (χ2n) is 5.36. The first-order valence-electron chi connectivity index (χ1n) is 7.14. The van der Waals surface area contributed by atoms with Gasteiger partial charge in [-0.05, 0) is 43.2 Å². The van der Waals surface area contributed by atoms with Gasteiger partial charge in [-0.2, -0.15) is 0 Å². The summed E-state index contributed by atoms with van der Waals surface area (Å²) < 4.78 is 40.5. The topological polar surface area (TPSA) is 75.3 Å². The van der Waals surface area contributed by atoms with Crippen molar-refractivity contribution >= 4 is 21.6 Å². The van der Waals surface area contributed by atoms with E-state index >= 15 is 0 Å². The maximum absolute atomic E-state index is 13.6. The minimum absolute atomic E-state index is 0.00309. The second-order valence-corrected chi connectivity index (χ2v) is 7.07. The van der Waals surface area contributed by atoms with E-state index in [0.717, 1.165) is 12.8 Å². The number of benzene rings is 2. The molecule has 3 rings (SSSR count). The minimum Gasteiger partial charge on any atom is -0.322 e. The van der Waals surface area contributed by atoms with E-state index in [2.05, 4.69) is 10.0 Å². The molecule has 120 valence electrons. The van der Waals surface area contributed by atoms with Gasteiger partial charge in [0.2, 0.25) is 10.0 Å². The van der Waals surface area contributed by atoms with Crippen LogP contribution in [0.2, 0.25) is 0 Å². The molecule has 0 bridgehead atoms. The van der Waals surface area contributed by atoms with Crippen molar-refractivity contribution in [2.45, 2.75) is 23.8 Å². The molecule has 0 aliphatic heterocycles. The lowest BCUT2D eigenvalue weighted by Gasteiger charge is -2.09. The summed E-state index contributed by atoms with van der Waals surface area (Å²) in [6.07, 6.45) is 1.67. The van der Waals surface area contributed by atoms with Crippen molar-refractivity contribution < 1.29 is 17.6 Å². The van der Waals surface area contributed by atoms with Crippen molar-refractivity contribution in [1.82, 2.24) is 4.72 Å². The molecule has 0 heterocycles. The molecule has 0 unspecified atom stereocenters. The number of halogens is 1. The molecule has 0 radical (unpaired) electrons. The Morgan fingerprint density at radius 1 is 1.09 bits per heavy atom. The van der Waals surface area contributed by atoms with Gasteiger partial charge in [0.1, 0.15) is 5.82 Å². The predicted molar refractivity (Wildman–Crippen MR) is 84.1 cm³/mol. The molecule has 1 aliphatic rings. The molecular formula is C16H15FN2O3S. The third-order valence-corrected chi connectivity index (χ3v) is 4.94. The number of rotatable bonds is 5. The highest BCUT2D eigenvalue weighted by atomic mass is 32.2. The molecule has 7 heteroatoms. The van der Waals surface area contributed by atoms with E-state index < -0.39 is 21.7 Å². The lowest BCUT2D eigenvalue weighted by Crippen LogP contribution is -2.25. The zero-order valence-electron chi connectivity index (χ0n) is 12.1. The number of anilines is 1. The van der Waals surface area contributed by atoms with Crippen molar-refractivity contribution in [2.75, 3.05) is 5.32 Å². The largest absolute Gasteiger partial charge is 0.322 e. The summed E-state index contributed by atoms with van der Waals surface area (Å²) in [5, 5.41) is 2.51. The van der Waals surface area contributed by atoms with Crippen LogP contribution >= 0.6 is 0 Å². The van der Waals surface area contributed by atoms with Crippen LogP contribution in [0.4, 0.5) is 10.1 Å². The molecule has 0 atom stereocenters. The molecule has 0 aromatic heterocycles. The number of hydrogen-bond acceptors (Lipinski definition) is 3. The van der Waals surface area contributed by atoms with Crippen LogP contribution in [0.15, 0.2) is 53.4 Å². The summed E-state index contributed by atoms with van der Waals surface area (Å²) in [6.45, 7) is 0. The second kappa shape index (κ2) is 6.10. The molecule has 2 N–H and O–H groups in total. The van der Waals surface area contributed by atoms with Crippen LogP contribution < -0.4 is 10.0 Å². The lowest BCUT2D eigenvalue weighted by molar-refractivity contribution is 0.102. The monoisotopic (exact) mass is 334 g/mol. The Hall–Kier alpha value is -2.25. The fourth-order valence-corrected chi connectivity index (χ4v) is 3.42. The van der Waals surface area contributed by atoms with Gasteiger partial charge < -0.3 is 5.32 Å². The van der Waals surface area contributed by atoms with E-state index in [-0.39, 0.29) is 22.2 Å². The molecule has 1 aliphatic carbocycles. The van der Waals surface area contributed by atoms with Crippen molar-refractivity contribution in [1.29, 1.82) is 0 Å². The van der Waals surface area contributed by atoms with E-state index in [1.807, 2.05) is 0 Å². The van der Waals surface area contributed by atoms with Gasteiger partial charge in [0.15, 0.2) is 0 Å². The van der Waals surface area contributed by atoms with Crippen LogP contribution in [0, 0.1) is 5.82 Å². The quantitative estimate of drug-likeness (QED) is 0.882. The minimum atomic E-state index is -3.60. The third-order valence-electron chi connectivity index (χ3n) is 3.42. The average Bonchev–Trinajstić information content (AvgIpc) is 3.31. The normalized spacial score (nSPS) is 14.5. The van der Waals surface area contributed by atoms with Gasteiger partial charge >= 0.3 is 0 Å². The van der Waals surface area contributed by atoms with E-state index in [1.54, 1.807) is 12.1 Å². The van der Waals surface area contributed by atoms with Crippen molar-refractivity contribution in [3.63, 3.8) is 0 Å². The zero-order valence-corrected chi connectivity index (χ0v) is 12.9. The van der Waals surface area contributed by atoms with E-state index in [1.165, 1.54) is 36.4 Å². The van der Waals surface area contributed by atoms with Gasteiger partial charge in [-0.25, -0.2) is 17.5 Å². The third kappa shape index (κ3) is 3.75. The van der Waals surface area contributed by atoms with Gasteiger partial charge in [0, 0.05) is 11.7 Å². The van der Waals surface area contributed by atoms with Gasteiger partial charge in [-0.15, -0.1) is 0 Å². The van der Waals surface area contributed by atoms with Gasteiger partial charge in [-0.1, -0.05) is 18.2 Å². The molecular weight excluding hydrogens is 319 g/mol. The lowest BCUT2D eigenvalue weighted by atomic mass is 10.2. The first-order chi connectivity index (χ1) is 11.0. The maximum atomic E-state index is 13.6. The summed E-state index contributed by atoms with van der Waals surface area (Å²) in [5.74, 6) is -1.27. The van der Waals surface area contributed by atoms with E-state index in [9.17, 15) is 17.6 Å². The Morgan fingerprint density at radius 2 is 1.83 bits per heavy atom. The highest BCUT2D eigenvalue weighted by Crippen LogP contribution is 2.23. The molecule has 23 heavy (non-hydrogen) atoms. The summed E-state index contributed by atoms with van der Waals surface area (Å²) >= 11 is 0. The summed E-state index contributed by atoms with van der Waals surface area (Å²) in [4.78, 5) is 12.1. The first kappa shape index (κ1) is 15.6. The molecule has 5 nitrogen and oxygen atoms in total. The van der Waals surface area contributed by atoms with Gasteiger partial charge in [0.05, 0.1) is 10.5 Å². The van der Waals surface area contributed by atoms with E-state index in [0.29, 0.717) is 0 Å². The van der Waals surface area contributed by atoms with Crippen LogP contribution in [-0.4, -0.2) is 20.4 Å². The predicted octanol–water partition coefficient (Wildman–Crippen LogP) is 2.52. The average molecular weight is 334 g/mol. The number of nitrogens with one attached hydrogen (secondary N) is 2. The zero-order chi connectivity index (χ0) is 16.4. The number of hydrogen-bond donors (Lipinski definition) is 2. The van der Waals surface area contributed by atoms with Crippen LogP contribution in [-0.2, 0) is 10.0 Å². The smallest absolute Gasteiger partial charge is 0.258 e. The SMILES string of the molecule is O=C(Nc1cccc(S(=O)(=O)NC2CC2)c1)c1ccccc1F. The Morgan fingerprint density at radius 3 is 2.52 bits per heavy atom. The molecule has 1 fully saturated rings. The molecule has 1 amide bonds. The first-order valence-corrected chi connectivity index (χ1v) is 8.62. The molecule has 2 aromatic rings. The van der Waals surface area contributed by atoms with Gasteiger partial charge in [0.25, 0.3) is 5.91 Å². The van der Waals surface area contributed by atoms with Crippen LogP contribution in [0.3, 0.4) is 0 Å². The number of carbonyl (C=O) groups excluding carboxylic acids is 1.